The second-order valence-electron chi connectivity index (χ2n) is 6.16. The first-order chi connectivity index (χ1) is 13.1. The highest BCUT2D eigenvalue weighted by Crippen LogP contribution is 2.36. The molecular formula is C20H21FN2O3S. The number of hydrogen-bond acceptors (Lipinski definition) is 4. The number of amides is 2. The normalized spacial score (nSPS) is 15.6. The summed E-state index contributed by atoms with van der Waals surface area (Å²) in [4.78, 5) is 25.2. The second kappa shape index (κ2) is 9.41. The second-order valence-corrected chi connectivity index (χ2v) is 7.40. The molecule has 0 aliphatic carbocycles. The molecule has 1 heterocycles. The van der Waals surface area contributed by atoms with Crippen LogP contribution >= 0.6 is 11.8 Å². The zero-order valence-corrected chi connectivity index (χ0v) is 15.6. The molecule has 0 aromatic heterocycles. The zero-order valence-electron chi connectivity index (χ0n) is 14.7. The average Bonchev–Trinajstić information content (AvgIpc) is 2.66. The number of ether oxygens (including phenoxy) is 1. The summed E-state index contributed by atoms with van der Waals surface area (Å²) in [7, 11) is 0. The number of benzene rings is 2. The Morgan fingerprint density at radius 1 is 1.15 bits per heavy atom. The van der Waals surface area contributed by atoms with E-state index in [1.54, 1.807) is 12.1 Å². The van der Waals surface area contributed by atoms with Crippen LogP contribution in [0, 0.1) is 5.82 Å². The summed E-state index contributed by atoms with van der Waals surface area (Å²) < 4.78 is 18.3. The van der Waals surface area contributed by atoms with Gasteiger partial charge in [-0.1, -0.05) is 12.1 Å². The van der Waals surface area contributed by atoms with Crippen LogP contribution in [-0.4, -0.2) is 30.2 Å². The number of rotatable bonds is 8. The summed E-state index contributed by atoms with van der Waals surface area (Å²) in [5.41, 5.74) is 0.797. The minimum atomic E-state index is -0.415. The number of carbonyl (C=O) groups is 2. The monoisotopic (exact) mass is 388 g/mol. The van der Waals surface area contributed by atoms with E-state index in [1.165, 1.54) is 23.9 Å². The summed E-state index contributed by atoms with van der Waals surface area (Å²) in [6.07, 6.45) is 1.68. The van der Waals surface area contributed by atoms with Gasteiger partial charge in [0.15, 0.2) is 0 Å². The van der Waals surface area contributed by atoms with E-state index in [0.29, 0.717) is 18.9 Å². The van der Waals surface area contributed by atoms with Crippen molar-refractivity contribution in [1.29, 1.82) is 0 Å². The molecule has 0 spiro atoms. The van der Waals surface area contributed by atoms with Crippen molar-refractivity contribution in [2.75, 3.05) is 18.5 Å². The molecule has 27 heavy (non-hydrogen) atoms. The Morgan fingerprint density at radius 3 is 2.74 bits per heavy atom. The van der Waals surface area contributed by atoms with Crippen molar-refractivity contribution in [1.82, 2.24) is 5.32 Å². The molecule has 2 aromatic carbocycles. The molecule has 5 nitrogen and oxygen atoms in total. The molecule has 1 unspecified atom stereocenters. The molecular weight excluding hydrogens is 367 g/mol. The van der Waals surface area contributed by atoms with Crippen LogP contribution in [0.5, 0.6) is 5.75 Å². The highest BCUT2D eigenvalue weighted by molar-refractivity contribution is 8.01. The Labute approximate surface area is 161 Å². The van der Waals surface area contributed by atoms with E-state index in [-0.39, 0.29) is 24.1 Å². The summed E-state index contributed by atoms with van der Waals surface area (Å²) in [5, 5.41) is 5.27. The van der Waals surface area contributed by atoms with Crippen molar-refractivity contribution in [2.24, 2.45) is 0 Å². The molecule has 142 valence electrons. The lowest BCUT2D eigenvalue weighted by Gasteiger charge is -2.23. The van der Waals surface area contributed by atoms with Crippen LogP contribution < -0.4 is 15.4 Å². The SMILES string of the molecule is O=C(CC1Sc2ccccc2NC1=O)NCCCCOc1ccc(F)cc1. The molecule has 0 radical (unpaired) electrons. The maximum Gasteiger partial charge on any atom is 0.238 e. The summed E-state index contributed by atoms with van der Waals surface area (Å²) >= 11 is 1.42. The van der Waals surface area contributed by atoms with Gasteiger partial charge in [0.05, 0.1) is 17.5 Å². The average molecular weight is 388 g/mol. The third-order valence-electron chi connectivity index (χ3n) is 4.05. The molecule has 3 rings (SSSR count). The van der Waals surface area contributed by atoms with E-state index in [4.69, 9.17) is 4.74 Å². The number of hydrogen-bond donors (Lipinski definition) is 2. The van der Waals surface area contributed by atoms with Gasteiger partial charge in [-0.2, -0.15) is 0 Å². The first kappa shape index (κ1) is 19.2. The molecule has 2 N–H and O–H groups in total. The minimum Gasteiger partial charge on any atom is -0.494 e. The Bertz CT molecular complexity index is 798. The van der Waals surface area contributed by atoms with Gasteiger partial charge in [0, 0.05) is 17.9 Å². The van der Waals surface area contributed by atoms with Crippen molar-refractivity contribution >= 4 is 29.3 Å². The first-order valence-corrected chi connectivity index (χ1v) is 9.71. The largest absolute Gasteiger partial charge is 0.494 e. The van der Waals surface area contributed by atoms with Crippen molar-refractivity contribution in [3.63, 3.8) is 0 Å². The van der Waals surface area contributed by atoms with Gasteiger partial charge < -0.3 is 15.4 Å². The Morgan fingerprint density at radius 2 is 1.93 bits per heavy atom. The van der Waals surface area contributed by atoms with Gasteiger partial charge in [-0.3, -0.25) is 9.59 Å². The van der Waals surface area contributed by atoms with Crippen LogP contribution in [0.15, 0.2) is 53.4 Å². The Balaban J connectivity index is 1.32. The lowest BCUT2D eigenvalue weighted by Crippen LogP contribution is -2.35. The number of fused-ring (bicyclic) bond motifs is 1. The quantitative estimate of drug-likeness (QED) is 0.678. The molecule has 0 bridgehead atoms. The van der Waals surface area contributed by atoms with E-state index >= 15 is 0 Å². The molecule has 1 aliphatic heterocycles. The van der Waals surface area contributed by atoms with Crippen LogP contribution in [0.4, 0.5) is 10.1 Å². The third-order valence-corrected chi connectivity index (χ3v) is 5.33. The van der Waals surface area contributed by atoms with Crippen LogP contribution in [0.2, 0.25) is 0 Å². The summed E-state index contributed by atoms with van der Waals surface area (Å²) in [5.74, 6) is 0.0578. The fraction of sp³-hybridized carbons (Fsp3) is 0.300. The van der Waals surface area contributed by atoms with Crippen molar-refractivity contribution in [3.8, 4) is 5.75 Å². The topological polar surface area (TPSA) is 67.4 Å². The van der Waals surface area contributed by atoms with E-state index in [9.17, 15) is 14.0 Å². The molecule has 7 heteroatoms. The number of anilines is 1. The van der Waals surface area contributed by atoms with Gasteiger partial charge in [0.2, 0.25) is 11.8 Å². The predicted octanol–water partition coefficient (Wildman–Crippen LogP) is 3.60. The standard InChI is InChI=1S/C20H21FN2O3S/c21-14-7-9-15(10-8-14)26-12-4-3-11-22-19(24)13-18-20(25)23-16-5-1-2-6-17(16)27-18/h1-2,5-10,18H,3-4,11-13H2,(H,22,24)(H,23,25). The van der Waals surface area contributed by atoms with Crippen molar-refractivity contribution in [2.45, 2.75) is 29.4 Å². The maximum absolute atomic E-state index is 12.8. The fourth-order valence-electron chi connectivity index (χ4n) is 2.64. The number of thioether (sulfide) groups is 1. The lowest BCUT2D eigenvalue weighted by atomic mass is 10.2. The Hall–Kier alpha value is -2.54. The number of halogens is 1. The van der Waals surface area contributed by atoms with Crippen molar-refractivity contribution < 1.29 is 18.7 Å². The molecule has 1 aliphatic rings. The zero-order chi connectivity index (χ0) is 19.1. The van der Waals surface area contributed by atoms with Gasteiger partial charge in [0.25, 0.3) is 0 Å². The van der Waals surface area contributed by atoms with E-state index in [0.717, 1.165) is 23.4 Å². The van der Waals surface area contributed by atoms with E-state index < -0.39 is 5.25 Å². The van der Waals surface area contributed by atoms with Crippen molar-refractivity contribution in [3.05, 3.63) is 54.3 Å². The summed E-state index contributed by atoms with van der Waals surface area (Å²) in [6, 6.07) is 13.4. The van der Waals surface area contributed by atoms with Gasteiger partial charge >= 0.3 is 0 Å². The highest BCUT2D eigenvalue weighted by Gasteiger charge is 2.28. The van der Waals surface area contributed by atoms with Crippen LogP contribution in [0.3, 0.4) is 0 Å². The number of para-hydroxylation sites is 1. The number of unbranched alkanes of at least 4 members (excludes halogenated alkanes) is 1. The van der Waals surface area contributed by atoms with Gasteiger partial charge in [-0.05, 0) is 49.2 Å². The maximum atomic E-state index is 12.8. The smallest absolute Gasteiger partial charge is 0.238 e. The molecule has 2 amide bonds. The van der Waals surface area contributed by atoms with Crippen LogP contribution in [0.1, 0.15) is 19.3 Å². The van der Waals surface area contributed by atoms with Gasteiger partial charge in [-0.15, -0.1) is 11.8 Å². The third kappa shape index (κ3) is 5.72. The molecule has 0 saturated heterocycles. The molecule has 0 fully saturated rings. The van der Waals surface area contributed by atoms with Crippen LogP contribution in [-0.2, 0) is 9.59 Å². The predicted molar refractivity (Wildman–Crippen MR) is 103 cm³/mol. The molecule has 1 atom stereocenters. The number of carbonyl (C=O) groups excluding carboxylic acids is 2. The fourth-order valence-corrected chi connectivity index (χ4v) is 3.75. The Kier molecular flexibility index (Phi) is 6.70. The van der Waals surface area contributed by atoms with Gasteiger partial charge in [-0.25, -0.2) is 4.39 Å². The lowest BCUT2D eigenvalue weighted by molar-refractivity contribution is -0.124. The van der Waals surface area contributed by atoms with Crippen LogP contribution in [0.25, 0.3) is 0 Å². The first-order valence-electron chi connectivity index (χ1n) is 8.83. The van der Waals surface area contributed by atoms with E-state index in [2.05, 4.69) is 10.6 Å². The minimum absolute atomic E-state index is 0.137. The van der Waals surface area contributed by atoms with Gasteiger partial charge in [0.1, 0.15) is 11.6 Å². The molecule has 2 aromatic rings. The number of nitrogens with one attached hydrogen (secondary N) is 2. The summed E-state index contributed by atoms with van der Waals surface area (Å²) in [6.45, 7) is 1.03. The highest BCUT2D eigenvalue weighted by atomic mass is 32.2. The van der Waals surface area contributed by atoms with E-state index in [1.807, 2.05) is 24.3 Å². The molecule has 0 saturated carbocycles.